The Balaban J connectivity index is 1.82. The first-order chi connectivity index (χ1) is 16.5. The van der Waals surface area contributed by atoms with Crippen molar-refractivity contribution in [2.45, 2.75) is 32.2 Å². The molecule has 0 aliphatic carbocycles. The lowest BCUT2D eigenvalue weighted by molar-refractivity contribution is -0.137. The summed E-state index contributed by atoms with van der Waals surface area (Å²) in [6.45, 7) is 4.43. The molecule has 0 radical (unpaired) electrons. The zero-order chi connectivity index (χ0) is 25.8. The number of rotatable bonds is 6. The number of nitrogens with zero attached hydrogens (tertiary/aromatic N) is 1. The molecule has 3 amide bonds. The van der Waals surface area contributed by atoms with Gasteiger partial charge in [0.1, 0.15) is 11.9 Å². The van der Waals surface area contributed by atoms with Crippen LogP contribution in [0.1, 0.15) is 29.8 Å². The maximum Gasteiger partial charge on any atom is 0.416 e. The molecule has 3 atom stereocenters. The molecule has 1 aliphatic heterocycles. The summed E-state index contributed by atoms with van der Waals surface area (Å²) in [7, 11) is 1.80. The number of aliphatic hydroxyl groups is 1. The molecule has 8 nitrogen and oxygen atoms in total. The van der Waals surface area contributed by atoms with Crippen molar-refractivity contribution in [1.29, 1.82) is 0 Å². The summed E-state index contributed by atoms with van der Waals surface area (Å²) in [6.07, 6.45) is -4.70. The number of aliphatic hydroxyl groups excluding tert-OH is 1. The minimum Gasteiger partial charge on any atom is -0.488 e. The number of urea groups is 1. The number of carbonyl (C=O) groups excluding carboxylic acids is 2. The molecule has 2 aromatic rings. The van der Waals surface area contributed by atoms with Gasteiger partial charge in [0.2, 0.25) is 0 Å². The number of ether oxygens (including phenoxy) is 1. The summed E-state index contributed by atoms with van der Waals surface area (Å²) in [4.78, 5) is 27.3. The molecule has 1 aliphatic rings. The summed E-state index contributed by atoms with van der Waals surface area (Å²) in [6, 6.07) is 7.57. The number of benzene rings is 2. The van der Waals surface area contributed by atoms with E-state index >= 15 is 0 Å². The molecule has 0 unspecified atom stereocenters. The fraction of sp³-hybridized carbons (Fsp3) is 0.417. The standard InChI is InChI=1S/C24H29F3N4O4/c1-14-12-31(15(2)13-32)22(33)19-10-18(8-9-20(19)35-21(14)11-28-3)30-23(34)29-17-6-4-16(5-7-17)24(25,26)27/h4-10,14-15,21,28,32H,11-13H2,1-3H3,(H2,29,30,34)/t14-,15+,21+/m1/s1. The van der Waals surface area contributed by atoms with E-state index in [2.05, 4.69) is 16.0 Å². The minimum atomic E-state index is -4.47. The van der Waals surface area contributed by atoms with E-state index in [1.807, 2.05) is 6.92 Å². The number of hydrogen-bond donors (Lipinski definition) is 4. The van der Waals surface area contributed by atoms with E-state index in [1.165, 1.54) is 6.07 Å². The smallest absolute Gasteiger partial charge is 0.416 e. The highest BCUT2D eigenvalue weighted by Crippen LogP contribution is 2.31. The molecule has 0 fully saturated rings. The number of carbonyl (C=O) groups is 2. The molecule has 0 aromatic heterocycles. The molecular weight excluding hydrogens is 465 g/mol. The Bertz CT molecular complexity index is 1050. The van der Waals surface area contributed by atoms with E-state index in [4.69, 9.17) is 4.74 Å². The van der Waals surface area contributed by atoms with Crippen LogP contribution in [0.3, 0.4) is 0 Å². The van der Waals surface area contributed by atoms with Crippen LogP contribution in [0, 0.1) is 5.92 Å². The Hall–Kier alpha value is -3.31. The van der Waals surface area contributed by atoms with E-state index in [0.29, 0.717) is 24.5 Å². The van der Waals surface area contributed by atoms with E-state index in [9.17, 15) is 27.9 Å². The van der Waals surface area contributed by atoms with Gasteiger partial charge in [0.15, 0.2) is 0 Å². The molecular formula is C24H29F3N4O4. The van der Waals surface area contributed by atoms with Crippen molar-refractivity contribution >= 4 is 23.3 Å². The number of anilines is 2. The van der Waals surface area contributed by atoms with Crippen LogP contribution in [0.4, 0.5) is 29.3 Å². The van der Waals surface area contributed by atoms with Crippen LogP contribution in [-0.4, -0.2) is 60.8 Å². The molecule has 1 heterocycles. The largest absolute Gasteiger partial charge is 0.488 e. The molecule has 35 heavy (non-hydrogen) atoms. The third-order valence-corrected chi connectivity index (χ3v) is 5.80. The molecule has 11 heteroatoms. The van der Waals surface area contributed by atoms with E-state index in [0.717, 1.165) is 24.3 Å². The van der Waals surface area contributed by atoms with Gasteiger partial charge < -0.3 is 30.7 Å². The fourth-order valence-electron chi connectivity index (χ4n) is 3.78. The first-order valence-electron chi connectivity index (χ1n) is 11.2. The van der Waals surface area contributed by atoms with Crippen LogP contribution in [0.25, 0.3) is 0 Å². The third-order valence-electron chi connectivity index (χ3n) is 5.80. The Morgan fingerprint density at radius 3 is 2.40 bits per heavy atom. The average Bonchev–Trinajstić information content (AvgIpc) is 2.81. The Labute approximate surface area is 201 Å². The predicted octanol–water partition coefficient (Wildman–Crippen LogP) is 3.79. The highest BCUT2D eigenvalue weighted by Gasteiger charge is 2.33. The van der Waals surface area contributed by atoms with Crippen LogP contribution in [0.2, 0.25) is 0 Å². The summed E-state index contributed by atoms with van der Waals surface area (Å²) in [5.41, 5.74) is -0.129. The minimum absolute atomic E-state index is 0.0131. The van der Waals surface area contributed by atoms with Gasteiger partial charge >= 0.3 is 12.2 Å². The van der Waals surface area contributed by atoms with Crippen molar-refractivity contribution in [1.82, 2.24) is 10.2 Å². The number of hydrogen-bond acceptors (Lipinski definition) is 5. The van der Waals surface area contributed by atoms with Crippen molar-refractivity contribution < 1.29 is 32.6 Å². The number of fused-ring (bicyclic) bond motifs is 1. The maximum absolute atomic E-state index is 13.3. The lowest BCUT2D eigenvalue weighted by atomic mass is 9.99. The highest BCUT2D eigenvalue weighted by atomic mass is 19.4. The van der Waals surface area contributed by atoms with E-state index in [-0.39, 0.29) is 35.8 Å². The first kappa shape index (κ1) is 26.3. The topological polar surface area (TPSA) is 103 Å². The van der Waals surface area contributed by atoms with Crippen molar-refractivity contribution in [3.8, 4) is 5.75 Å². The number of nitrogens with one attached hydrogen (secondary N) is 3. The zero-order valence-corrected chi connectivity index (χ0v) is 19.6. The third kappa shape index (κ3) is 6.43. The van der Waals surface area contributed by atoms with Crippen LogP contribution >= 0.6 is 0 Å². The van der Waals surface area contributed by atoms with Gasteiger partial charge in [-0.3, -0.25) is 4.79 Å². The molecule has 4 N–H and O–H groups in total. The first-order valence-corrected chi connectivity index (χ1v) is 11.2. The maximum atomic E-state index is 13.3. The van der Waals surface area contributed by atoms with Gasteiger partial charge in [0.25, 0.3) is 5.91 Å². The van der Waals surface area contributed by atoms with Gasteiger partial charge in [-0.05, 0) is 56.4 Å². The van der Waals surface area contributed by atoms with Crippen molar-refractivity contribution in [3.05, 3.63) is 53.6 Å². The lowest BCUT2D eigenvalue weighted by Crippen LogP contribution is -2.49. The fourth-order valence-corrected chi connectivity index (χ4v) is 3.78. The zero-order valence-electron chi connectivity index (χ0n) is 19.6. The summed E-state index contributed by atoms with van der Waals surface area (Å²) >= 11 is 0. The summed E-state index contributed by atoms with van der Waals surface area (Å²) < 4.78 is 44.3. The van der Waals surface area contributed by atoms with Crippen LogP contribution in [0.15, 0.2) is 42.5 Å². The Morgan fingerprint density at radius 1 is 1.17 bits per heavy atom. The molecule has 0 bridgehead atoms. The number of alkyl halides is 3. The lowest BCUT2D eigenvalue weighted by Gasteiger charge is -2.37. The second-order valence-electron chi connectivity index (χ2n) is 8.55. The Kier molecular flexibility index (Phi) is 8.23. The molecule has 0 spiro atoms. The quantitative estimate of drug-likeness (QED) is 0.490. The van der Waals surface area contributed by atoms with Crippen LogP contribution < -0.4 is 20.7 Å². The van der Waals surface area contributed by atoms with Crippen LogP contribution in [0.5, 0.6) is 5.75 Å². The van der Waals surface area contributed by atoms with Crippen molar-refractivity contribution in [3.63, 3.8) is 0 Å². The predicted molar refractivity (Wildman–Crippen MR) is 126 cm³/mol. The van der Waals surface area contributed by atoms with Gasteiger partial charge in [0.05, 0.1) is 23.8 Å². The summed E-state index contributed by atoms with van der Waals surface area (Å²) in [5.74, 6) is -0.00499. The molecule has 3 rings (SSSR count). The molecule has 0 saturated heterocycles. The van der Waals surface area contributed by atoms with E-state index < -0.39 is 23.8 Å². The van der Waals surface area contributed by atoms with Gasteiger partial charge in [-0.15, -0.1) is 0 Å². The monoisotopic (exact) mass is 494 g/mol. The van der Waals surface area contributed by atoms with Crippen molar-refractivity contribution in [2.75, 3.05) is 37.4 Å². The molecule has 190 valence electrons. The van der Waals surface area contributed by atoms with Gasteiger partial charge in [-0.1, -0.05) is 6.92 Å². The second-order valence-corrected chi connectivity index (χ2v) is 8.55. The number of amides is 3. The van der Waals surface area contributed by atoms with Gasteiger partial charge in [-0.25, -0.2) is 4.79 Å². The average molecular weight is 495 g/mol. The summed E-state index contributed by atoms with van der Waals surface area (Å²) in [5, 5.41) is 17.8. The molecule has 2 aromatic carbocycles. The van der Waals surface area contributed by atoms with Gasteiger partial charge in [0, 0.05) is 30.4 Å². The normalized spacial score (nSPS) is 19.2. The Morgan fingerprint density at radius 2 is 1.80 bits per heavy atom. The van der Waals surface area contributed by atoms with Crippen LogP contribution in [-0.2, 0) is 6.18 Å². The number of halogens is 3. The van der Waals surface area contributed by atoms with Crippen molar-refractivity contribution in [2.24, 2.45) is 5.92 Å². The second kappa shape index (κ2) is 11.0. The SMILES string of the molecule is CNC[C@@H]1Oc2ccc(NC(=O)Nc3ccc(C(F)(F)F)cc3)cc2C(=O)N([C@@H](C)CO)C[C@H]1C. The molecule has 0 saturated carbocycles. The van der Waals surface area contributed by atoms with Gasteiger partial charge in [-0.2, -0.15) is 13.2 Å². The highest BCUT2D eigenvalue weighted by molar-refractivity contribution is 6.02. The number of likely N-dealkylation sites (N-methyl/N-ethyl adjacent to an activating group) is 1. The van der Waals surface area contributed by atoms with E-state index in [1.54, 1.807) is 31.0 Å².